The fourth-order valence-electron chi connectivity index (χ4n) is 4.23. The maximum Gasteiger partial charge on any atom is 0.236 e. The maximum absolute atomic E-state index is 12.7. The summed E-state index contributed by atoms with van der Waals surface area (Å²) in [6.45, 7) is 11.3. The van der Waals surface area contributed by atoms with Crippen molar-refractivity contribution >= 4 is 5.91 Å². The SMILES string of the molecule is Cc1ccc(CN(C)C(=O)CN2CCCC2CN2CC(C)OC(C)C2)o1. The van der Waals surface area contributed by atoms with Gasteiger partial charge in [-0.15, -0.1) is 0 Å². The molecule has 1 aromatic rings. The van der Waals surface area contributed by atoms with E-state index in [1.165, 1.54) is 12.8 Å². The van der Waals surface area contributed by atoms with Crippen LogP contribution in [0.25, 0.3) is 0 Å². The van der Waals surface area contributed by atoms with Gasteiger partial charge in [0.2, 0.25) is 5.91 Å². The first-order chi connectivity index (χ1) is 12.4. The Bertz CT molecular complexity index is 593. The molecule has 2 aliphatic rings. The van der Waals surface area contributed by atoms with Crippen LogP contribution in [-0.2, 0) is 16.1 Å². The van der Waals surface area contributed by atoms with E-state index >= 15 is 0 Å². The van der Waals surface area contributed by atoms with E-state index in [9.17, 15) is 4.79 Å². The van der Waals surface area contributed by atoms with Crippen molar-refractivity contribution in [2.24, 2.45) is 0 Å². The van der Waals surface area contributed by atoms with Crippen molar-refractivity contribution in [2.45, 2.75) is 58.4 Å². The van der Waals surface area contributed by atoms with Gasteiger partial charge in [-0.25, -0.2) is 0 Å². The first-order valence-corrected chi connectivity index (χ1v) is 9.82. The lowest BCUT2D eigenvalue weighted by Crippen LogP contribution is -2.51. The van der Waals surface area contributed by atoms with E-state index in [0.717, 1.165) is 37.7 Å². The molecule has 0 N–H and O–H groups in total. The van der Waals surface area contributed by atoms with Crippen molar-refractivity contribution in [3.05, 3.63) is 23.7 Å². The molecule has 2 aliphatic heterocycles. The Balaban J connectivity index is 1.50. The Labute approximate surface area is 157 Å². The topological polar surface area (TPSA) is 49.2 Å². The average Bonchev–Trinajstić information content (AvgIpc) is 3.15. The number of hydrogen-bond donors (Lipinski definition) is 0. The van der Waals surface area contributed by atoms with Gasteiger partial charge in [-0.05, 0) is 52.3 Å². The smallest absolute Gasteiger partial charge is 0.236 e. The number of ether oxygens (including phenoxy) is 1. The summed E-state index contributed by atoms with van der Waals surface area (Å²) in [7, 11) is 1.86. The summed E-state index contributed by atoms with van der Waals surface area (Å²) in [6, 6.07) is 4.35. The summed E-state index contributed by atoms with van der Waals surface area (Å²) < 4.78 is 11.4. The second-order valence-electron chi connectivity index (χ2n) is 8.00. The highest BCUT2D eigenvalue weighted by atomic mass is 16.5. The normalized spacial score (nSPS) is 27.8. The quantitative estimate of drug-likeness (QED) is 0.775. The van der Waals surface area contributed by atoms with Crippen LogP contribution in [0.2, 0.25) is 0 Å². The van der Waals surface area contributed by atoms with Crippen LogP contribution in [0, 0.1) is 6.92 Å². The molecule has 0 spiro atoms. The van der Waals surface area contributed by atoms with Crippen LogP contribution in [0.1, 0.15) is 38.2 Å². The number of aryl methyl sites for hydroxylation is 1. The Morgan fingerprint density at radius 2 is 2.00 bits per heavy atom. The van der Waals surface area contributed by atoms with Crippen molar-refractivity contribution in [1.82, 2.24) is 14.7 Å². The Hall–Kier alpha value is -1.37. The molecule has 0 aromatic carbocycles. The molecule has 2 fully saturated rings. The third kappa shape index (κ3) is 5.09. The Morgan fingerprint density at radius 3 is 2.65 bits per heavy atom. The van der Waals surface area contributed by atoms with Gasteiger partial charge < -0.3 is 14.1 Å². The highest BCUT2D eigenvalue weighted by molar-refractivity contribution is 5.78. The molecule has 1 aromatic heterocycles. The first kappa shape index (κ1) is 19.4. The number of amides is 1. The predicted octanol–water partition coefficient (Wildman–Crippen LogP) is 2.12. The number of morpholine rings is 1. The zero-order chi connectivity index (χ0) is 18.7. The van der Waals surface area contributed by atoms with Crippen molar-refractivity contribution in [3.8, 4) is 0 Å². The molecule has 6 heteroatoms. The zero-order valence-electron chi connectivity index (χ0n) is 16.6. The van der Waals surface area contributed by atoms with E-state index in [1.54, 1.807) is 4.90 Å². The molecule has 1 amide bonds. The molecule has 0 aliphatic carbocycles. The summed E-state index contributed by atoms with van der Waals surface area (Å²) in [5.41, 5.74) is 0. The fourth-order valence-corrected chi connectivity index (χ4v) is 4.23. The van der Waals surface area contributed by atoms with Crippen LogP contribution in [0.15, 0.2) is 16.5 Å². The van der Waals surface area contributed by atoms with Gasteiger partial charge >= 0.3 is 0 Å². The molecule has 3 atom stereocenters. The van der Waals surface area contributed by atoms with Gasteiger partial charge in [-0.2, -0.15) is 0 Å². The lowest BCUT2D eigenvalue weighted by atomic mass is 10.1. The largest absolute Gasteiger partial charge is 0.464 e. The lowest BCUT2D eigenvalue weighted by Gasteiger charge is -2.38. The van der Waals surface area contributed by atoms with E-state index in [1.807, 2.05) is 26.1 Å². The minimum absolute atomic E-state index is 0.162. The fraction of sp³-hybridized carbons (Fsp3) is 0.750. The number of furan rings is 1. The molecule has 0 bridgehead atoms. The van der Waals surface area contributed by atoms with Crippen molar-refractivity contribution < 1.29 is 13.9 Å². The van der Waals surface area contributed by atoms with Crippen molar-refractivity contribution in [3.63, 3.8) is 0 Å². The number of carbonyl (C=O) groups is 1. The predicted molar refractivity (Wildman–Crippen MR) is 101 cm³/mol. The number of likely N-dealkylation sites (tertiary alicyclic amines) is 1. The summed E-state index contributed by atoms with van der Waals surface area (Å²) >= 11 is 0. The summed E-state index contributed by atoms with van der Waals surface area (Å²) in [6.07, 6.45) is 2.93. The summed E-state index contributed by atoms with van der Waals surface area (Å²) in [5.74, 6) is 1.89. The minimum Gasteiger partial charge on any atom is -0.464 e. The minimum atomic E-state index is 0.162. The Morgan fingerprint density at radius 1 is 1.27 bits per heavy atom. The van der Waals surface area contributed by atoms with Crippen LogP contribution in [0.4, 0.5) is 0 Å². The molecule has 26 heavy (non-hydrogen) atoms. The van der Waals surface area contributed by atoms with Gasteiger partial charge in [-0.3, -0.25) is 14.6 Å². The van der Waals surface area contributed by atoms with E-state index in [4.69, 9.17) is 9.15 Å². The highest BCUT2D eigenvalue weighted by Gasteiger charge is 2.31. The molecular weight excluding hydrogens is 330 g/mol. The molecule has 3 unspecified atom stereocenters. The molecule has 146 valence electrons. The summed E-state index contributed by atoms with van der Waals surface area (Å²) in [5, 5.41) is 0. The molecule has 0 saturated carbocycles. The third-order valence-corrected chi connectivity index (χ3v) is 5.42. The molecular formula is C20H33N3O3. The van der Waals surface area contributed by atoms with Gasteiger partial charge in [-0.1, -0.05) is 0 Å². The summed E-state index contributed by atoms with van der Waals surface area (Å²) in [4.78, 5) is 19.3. The number of rotatable bonds is 6. The van der Waals surface area contributed by atoms with E-state index in [2.05, 4.69) is 23.6 Å². The van der Waals surface area contributed by atoms with E-state index < -0.39 is 0 Å². The number of likely N-dealkylation sites (N-methyl/N-ethyl adjacent to an activating group) is 1. The van der Waals surface area contributed by atoms with Gasteiger partial charge in [0, 0.05) is 32.7 Å². The second-order valence-corrected chi connectivity index (χ2v) is 8.00. The van der Waals surface area contributed by atoms with Crippen molar-refractivity contribution in [1.29, 1.82) is 0 Å². The van der Waals surface area contributed by atoms with Crippen molar-refractivity contribution in [2.75, 3.05) is 39.8 Å². The van der Waals surface area contributed by atoms with Crippen LogP contribution < -0.4 is 0 Å². The van der Waals surface area contributed by atoms with Gasteiger partial charge in [0.25, 0.3) is 0 Å². The average molecular weight is 364 g/mol. The van der Waals surface area contributed by atoms with Gasteiger partial charge in [0.1, 0.15) is 11.5 Å². The molecule has 2 saturated heterocycles. The van der Waals surface area contributed by atoms with Crippen LogP contribution >= 0.6 is 0 Å². The number of carbonyl (C=O) groups excluding carboxylic acids is 1. The standard InChI is InChI=1S/C20H33N3O3/c1-15-7-8-19(26-15)13-21(4)20(24)14-23-9-5-6-18(23)12-22-10-16(2)25-17(3)11-22/h7-8,16-18H,5-6,9-14H2,1-4H3. The number of nitrogens with zero attached hydrogens (tertiary/aromatic N) is 3. The highest BCUT2D eigenvalue weighted by Crippen LogP contribution is 2.21. The maximum atomic E-state index is 12.7. The van der Waals surface area contributed by atoms with Crippen LogP contribution in [0.3, 0.4) is 0 Å². The second kappa shape index (κ2) is 8.55. The molecule has 6 nitrogen and oxygen atoms in total. The molecule has 3 heterocycles. The van der Waals surface area contributed by atoms with E-state index in [0.29, 0.717) is 19.1 Å². The van der Waals surface area contributed by atoms with Crippen LogP contribution in [0.5, 0.6) is 0 Å². The zero-order valence-corrected chi connectivity index (χ0v) is 16.6. The van der Waals surface area contributed by atoms with Gasteiger partial charge in [0.05, 0.1) is 25.3 Å². The Kier molecular flexibility index (Phi) is 6.37. The van der Waals surface area contributed by atoms with Gasteiger partial charge in [0.15, 0.2) is 0 Å². The third-order valence-electron chi connectivity index (χ3n) is 5.42. The first-order valence-electron chi connectivity index (χ1n) is 9.82. The number of hydrogen-bond acceptors (Lipinski definition) is 5. The lowest BCUT2D eigenvalue weighted by molar-refractivity contribution is -0.132. The molecule has 3 rings (SSSR count). The monoisotopic (exact) mass is 363 g/mol. The van der Waals surface area contributed by atoms with E-state index in [-0.39, 0.29) is 18.1 Å². The molecule has 0 radical (unpaired) electrons. The van der Waals surface area contributed by atoms with Crippen LogP contribution in [-0.4, -0.2) is 78.6 Å².